The van der Waals surface area contributed by atoms with Crippen LogP contribution in [0, 0.1) is 13.8 Å². The summed E-state index contributed by atoms with van der Waals surface area (Å²) in [7, 11) is 0. The monoisotopic (exact) mass is 420 g/mol. The van der Waals surface area contributed by atoms with E-state index < -0.39 is 0 Å². The summed E-state index contributed by atoms with van der Waals surface area (Å²) in [5.41, 5.74) is 3.51. The molecule has 0 aliphatic carbocycles. The third kappa shape index (κ3) is 2.69. The summed E-state index contributed by atoms with van der Waals surface area (Å²) >= 11 is 10.8. The van der Waals surface area contributed by atoms with Crippen LogP contribution in [0.15, 0.2) is 37.8 Å². The van der Waals surface area contributed by atoms with Crippen LogP contribution < -0.4 is 0 Å². The van der Waals surface area contributed by atoms with E-state index in [0.29, 0.717) is 0 Å². The van der Waals surface area contributed by atoms with Crippen LogP contribution in [0.1, 0.15) is 27.3 Å². The topological polar surface area (TPSA) is 13.1 Å². The summed E-state index contributed by atoms with van der Waals surface area (Å²) in [4.78, 5) is 0.0591. The van der Waals surface area contributed by atoms with Crippen molar-refractivity contribution in [3.8, 4) is 0 Å². The lowest BCUT2D eigenvalue weighted by atomic mass is 10.1. The van der Waals surface area contributed by atoms with Crippen LogP contribution in [0.5, 0.6) is 0 Å². The molecule has 1 heterocycles. The highest BCUT2D eigenvalue weighted by atomic mass is 79.9. The molecule has 0 aliphatic heterocycles. The van der Waals surface area contributed by atoms with E-state index in [4.69, 9.17) is 4.42 Å². The van der Waals surface area contributed by atoms with Crippen molar-refractivity contribution in [2.75, 3.05) is 0 Å². The van der Waals surface area contributed by atoms with Crippen molar-refractivity contribution < 1.29 is 4.42 Å². The molecule has 1 nitrogen and oxygen atoms in total. The maximum absolute atomic E-state index is 5.52. The van der Waals surface area contributed by atoms with Crippen LogP contribution in [-0.2, 0) is 0 Å². The highest BCUT2D eigenvalue weighted by Crippen LogP contribution is 2.39. The van der Waals surface area contributed by atoms with Crippen molar-refractivity contribution in [1.82, 2.24) is 0 Å². The predicted molar refractivity (Wildman–Crippen MR) is 80.8 cm³/mol. The molecule has 1 aromatic carbocycles. The molecule has 1 unspecified atom stereocenters. The van der Waals surface area contributed by atoms with Gasteiger partial charge < -0.3 is 4.42 Å². The highest BCUT2D eigenvalue weighted by molar-refractivity contribution is 9.11. The summed E-state index contributed by atoms with van der Waals surface area (Å²) in [6.07, 6.45) is 1.72. The Morgan fingerprint density at radius 1 is 1.06 bits per heavy atom. The van der Waals surface area contributed by atoms with Gasteiger partial charge in [0.1, 0.15) is 5.76 Å². The Hall–Kier alpha value is -0.0600. The Labute approximate surface area is 126 Å². The van der Waals surface area contributed by atoms with Crippen molar-refractivity contribution in [2.24, 2.45) is 0 Å². The van der Waals surface area contributed by atoms with Crippen molar-refractivity contribution in [1.29, 1.82) is 0 Å². The minimum atomic E-state index is 0.0591. The standard InChI is InChI=1S/C13H11Br3O/c1-7-3-4-17-13(7)12(16)9-6-10(14)8(2)5-11(9)15/h3-6,12H,1-2H3. The van der Waals surface area contributed by atoms with Crippen molar-refractivity contribution in [2.45, 2.75) is 18.7 Å². The van der Waals surface area contributed by atoms with Crippen LogP contribution in [0.25, 0.3) is 0 Å². The molecule has 0 amide bonds. The summed E-state index contributed by atoms with van der Waals surface area (Å²) in [6, 6.07) is 6.19. The molecule has 0 radical (unpaired) electrons. The van der Waals surface area contributed by atoms with Gasteiger partial charge in [-0.1, -0.05) is 47.8 Å². The number of hydrogen-bond donors (Lipinski definition) is 0. The molecule has 0 spiro atoms. The quantitative estimate of drug-likeness (QED) is 0.548. The first-order valence-corrected chi connectivity index (χ1v) is 7.64. The average Bonchev–Trinajstić information content (AvgIpc) is 2.69. The lowest BCUT2D eigenvalue weighted by Crippen LogP contribution is -1.95. The lowest BCUT2D eigenvalue weighted by Gasteiger charge is -2.13. The van der Waals surface area contributed by atoms with E-state index in [9.17, 15) is 0 Å². The van der Waals surface area contributed by atoms with Gasteiger partial charge >= 0.3 is 0 Å². The molecule has 0 fully saturated rings. The van der Waals surface area contributed by atoms with Crippen LogP contribution in [0.3, 0.4) is 0 Å². The molecule has 2 aromatic rings. The minimum absolute atomic E-state index is 0.0591. The Bertz CT molecular complexity index is 546. The Kier molecular flexibility index (Phi) is 4.16. The third-order valence-corrected chi connectivity index (χ3v) is 5.13. The number of alkyl halides is 1. The van der Waals surface area contributed by atoms with Gasteiger partial charge in [-0.05, 0) is 48.7 Å². The van der Waals surface area contributed by atoms with Gasteiger partial charge in [0, 0.05) is 8.95 Å². The number of halogens is 3. The van der Waals surface area contributed by atoms with Gasteiger partial charge in [0.15, 0.2) is 0 Å². The summed E-state index contributed by atoms with van der Waals surface area (Å²) < 4.78 is 7.70. The fourth-order valence-corrected chi connectivity index (χ4v) is 3.84. The molecule has 0 aliphatic rings. The average molecular weight is 423 g/mol. The zero-order valence-corrected chi connectivity index (χ0v) is 14.2. The first kappa shape index (κ1) is 13.4. The van der Waals surface area contributed by atoms with E-state index in [2.05, 4.69) is 66.8 Å². The van der Waals surface area contributed by atoms with Gasteiger partial charge in [0.05, 0.1) is 11.1 Å². The molecule has 0 bridgehead atoms. The largest absolute Gasteiger partial charge is 0.468 e. The number of rotatable bonds is 2. The molecular weight excluding hydrogens is 412 g/mol. The van der Waals surface area contributed by atoms with Crippen molar-refractivity contribution >= 4 is 47.8 Å². The fourth-order valence-electron chi connectivity index (χ4n) is 1.64. The first-order chi connectivity index (χ1) is 8.00. The second-order valence-electron chi connectivity index (χ2n) is 3.95. The van der Waals surface area contributed by atoms with Crippen LogP contribution >= 0.6 is 47.8 Å². The maximum atomic E-state index is 5.52. The van der Waals surface area contributed by atoms with Crippen molar-refractivity contribution in [3.05, 3.63) is 55.9 Å². The molecule has 90 valence electrons. The van der Waals surface area contributed by atoms with Gasteiger partial charge in [-0.2, -0.15) is 0 Å². The Morgan fingerprint density at radius 2 is 1.76 bits per heavy atom. The number of furan rings is 1. The highest BCUT2D eigenvalue weighted by Gasteiger charge is 2.19. The van der Waals surface area contributed by atoms with Crippen LogP contribution in [0.2, 0.25) is 0 Å². The minimum Gasteiger partial charge on any atom is -0.468 e. The second-order valence-corrected chi connectivity index (χ2v) is 6.58. The van der Waals surface area contributed by atoms with E-state index >= 15 is 0 Å². The molecule has 0 saturated heterocycles. The first-order valence-electron chi connectivity index (χ1n) is 5.14. The maximum Gasteiger partial charge on any atom is 0.124 e. The lowest BCUT2D eigenvalue weighted by molar-refractivity contribution is 0.516. The van der Waals surface area contributed by atoms with Gasteiger partial charge in [-0.3, -0.25) is 0 Å². The number of aryl methyl sites for hydroxylation is 2. The number of hydrogen-bond acceptors (Lipinski definition) is 1. The van der Waals surface area contributed by atoms with E-state index in [1.807, 2.05) is 13.0 Å². The Balaban J connectivity index is 2.48. The van der Waals surface area contributed by atoms with E-state index in [1.54, 1.807) is 6.26 Å². The second kappa shape index (κ2) is 5.29. The van der Waals surface area contributed by atoms with Crippen LogP contribution in [-0.4, -0.2) is 0 Å². The molecule has 1 atom stereocenters. The van der Waals surface area contributed by atoms with Gasteiger partial charge in [-0.25, -0.2) is 0 Å². The SMILES string of the molecule is Cc1cc(Br)c(C(Br)c2occc2C)cc1Br. The Morgan fingerprint density at radius 3 is 2.35 bits per heavy atom. The summed E-state index contributed by atoms with van der Waals surface area (Å²) in [5, 5.41) is 0. The van der Waals surface area contributed by atoms with E-state index in [-0.39, 0.29) is 4.83 Å². The molecule has 0 saturated carbocycles. The van der Waals surface area contributed by atoms with E-state index in [1.165, 1.54) is 5.56 Å². The molecular formula is C13H11Br3O. The molecule has 17 heavy (non-hydrogen) atoms. The molecule has 2 rings (SSSR count). The zero-order valence-electron chi connectivity index (χ0n) is 9.43. The van der Waals surface area contributed by atoms with Crippen molar-refractivity contribution in [3.63, 3.8) is 0 Å². The van der Waals surface area contributed by atoms with Gasteiger partial charge in [0.2, 0.25) is 0 Å². The van der Waals surface area contributed by atoms with Gasteiger partial charge in [0.25, 0.3) is 0 Å². The smallest absolute Gasteiger partial charge is 0.124 e. The zero-order chi connectivity index (χ0) is 12.6. The summed E-state index contributed by atoms with van der Waals surface area (Å²) in [5.74, 6) is 0.946. The molecule has 0 N–H and O–H groups in total. The normalized spacial score (nSPS) is 12.8. The molecule has 4 heteroatoms. The summed E-state index contributed by atoms with van der Waals surface area (Å²) in [6.45, 7) is 4.12. The van der Waals surface area contributed by atoms with E-state index in [0.717, 1.165) is 25.8 Å². The fraction of sp³-hybridized carbons (Fsp3) is 0.231. The van der Waals surface area contributed by atoms with Gasteiger partial charge in [-0.15, -0.1) is 0 Å². The third-order valence-electron chi connectivity index (χ3n) is 2.68. The van der Waals surface area contributed by atoms with Crippen LogP contribution in [0.4, 0.5) is 0 Å². The predicted octanol–water partition coefficient (Wildman–Crippen LogP) is 5.91. The number of benzene rings is 1. The molecule has 1 aromatic heterocycles.